The van der Waals surface area contributed by atoms with Gasteiger partial charge in [0.15, 0.2) is 0 Å². The van der Waals surface area contributed by atoms with E-state index in [4.69, 9.17) is 16.7 Å². The van der Waals surface area contributed by atoms with Crippen molar-refractivity contribution in [3.05, 3.63) is 28.8 Å². The summed E-state index contributed by atoms with van der Waals surface area (Å²) >= 11 is 6.09. The molecule has 1 aliphatic rings. The van der Waals surface area contributed by atoms with Gasteiger partial charge in [-0.1, -0.05) is 23.7 Å². The van der Waals surface area contributed by atoms with Crippen molar-refractivity contribution in [1.29, 1.82) is 0 Å². The van der Waals surface area contributed by atoms with E-state index >= 15 is 0 Å². The summed E-state index contributed by atoms with van der Waals surface area (Å²) in [6.07, 6.45) is 0.104. The van der Waals surface area contributed by atoms with Gasteiger partial charge in [-0.15, -0.1) is 0 Å². The third-order valence-corrected chi connectivity index (χ3v) is 4.42. The average Bonchev–Trinajstić information content (AvgIpc) is 2.67. The first-order chi connectivity index (χ1) is 9.31. The Morgan fingerprint density at radius 2 is 2.15 bits per heavy atom. The highest BCUT2D eigenvalue weighted by atomic mass is 35.5. The van der Waals surface area contributed by atoms with E-state index < -0.39 is 10.0 Å². The second-order valence-electron chi connectivity index (χ2n) is 4.81. The maximum Gasteiger partial charge on any atom is 0.227 e. The summed E-state index contributed by atoms with van der Waals surface area (Å²) in [4.78, 5) is 13.5. The molecule has 1 unspecified atom stereocenters. The van der Waals surface area contributed by atoms with Crippen LogP contribution in [-0.4, -0.2) is 31.7 Å². The molecular weight excluding hydrogens is 304 g/mol. The van der Waals surface area contributed by atoms with Crippen LogP contribution in [0.4, 0.5) is 5.69 Å². The van der Waals surface area contributed by atoms with E-state index in [2.05, 4.69) is 0 Å². The number of hydrogen-bond acceptors (Lipinski definition) is 4. The monoisotopic (exact) mass is 318 g/mol. The fourth-order valence-electron chi connectivity index (χ4n) is 2.43. The van der Waals surface area contributed by atoms with Gasteiger partial charge in [0.05, 0.1) is 23.1 Å². The van der Waals surface area contributed by atoms with Gasteiger partial charge in [-0.3, -0.25) is 4.79 Å². The van der Waals surface area contributed by atoms with Gasteiger partial charge in [0.25, 0.3) is 0 Å². The lowest BCUT2D eigenvalue weighted by atomic mass is 10.1. The minimum absolute atomic E-state index is 0.104. The SMILES string of the molecule is NS(=O)(=O)CC1CC(=O)N(c2c(Cl)cccc2CO)C1. The number of anilines is 1. The summed E-state index contributed by atoms with van der Waals surface area (Å²) in [5.41, 5.74) is 0.973. The van der Waals surface area contributed by atoms with Crippen molar-refractivity contribution in [2.45, 2.75) is 13.0 Å². The lowest BCUT2D eigenvalue weighted by molar-refractivity contribution is -0.117. The molecule has 3 N–H and O–H groups in total. The van der Waals surface area contributed by atoms with Crippen LogP contribution < -0.4 is 10.0 Å². The Hall–Kier alpha value is -1.15. The molecule has 8 heteroatoms. The number of primary sulfonamides is 1. The number of benzene rings is 1. The highest BCUT2D eigenvalue weighted by molar-refractivity contribution is 7.89. The van der Waals surface area contributed by atoms with Crippen LogP contribution in [0.3, 0.4) is 0 Å². The molecule has 0 spiro atoms. The molecule has 0 aromatic heterocycles. The summed E-state index contributed by atoms with van der Waals surface area (Å²) in [5.74, 6) is -0.824. The second kappa shape index (κ2) is 5.69. The summed E-state index contributed by atoms with van der Waals surface area (Å²) in [6.45, 7) is -0.0223. The van der Waals surface area contributed by atoms with Crippen LogP contribution in [0.2, 0.25) is 5.02 Å². The fraction of sp³-hybridized carbons (Fsp3) is 0.417. The summed E-state index contributed by atoms with van der Waals surface area (Å²) in [5, 5.41) is 14.7. The van der Waals surface area contributed by atoms with E-state index in [0.717, 1.165) is 0 Å². The maximum atomic E-state index is 12.0. The number of hydrogen-bond donors (Lipinski definition) is 2. The Balaban J connectivity index is 2.29. The third-order valence-electron chi connectivity index (χ3n) is 3.18. The van der Waals surface area contributed by atoms with Crippen molar-refractivity contribution < 1.29 is 18.3 Å². The van der Waals surface area contributed by atoms with Crippen molar-refractivity contribution in [2.24, 2.45) is 11.1 Å². The van der Waals surface area contributed by atoms with Gasteiger partial charge < -0.3 is 10.0 Å². The van der Waals surface area contributed by atoms with Gasteiger partial charge >= 0.3 is 0 Å². The van der Waals surface area contributed by atoms with Crippen LogP contribution in [0, 0.1) is 5.92 Å². The number of carbonyl (C=O) groups is 1. The zero-order chi connectivity index (χ0) is 14.9. The number of aliphatic hydroxyl groups is 1. The Morgan fingerprint density at radius 1 is 1.45 bits per heavy atom. The van der Waals surface area contributed by atoms with Crippen molar-refractivity contribution in [1.82, 2.24) is 0 Å². The molecule has 110 valence electrons. The van der Waals surface area contributed by atoms with E-state index in [-0.39, 0.29) is 37.2 Å². The first kappa shape index (κ1) is 15.2. The van der Waals surface area contributed by atoms with Gasteiger partial charge in [-0.2, -0.15) is 0 Å². The van der Waals surface area contributed by atoms with Crippen molar-refractivity contribution in [2.75, 3.05) is 17.2 Å². The fourth-order valence-corrected chi connectivity index (χ4v) is 3.60. The van der Waals surface area contributed by atoms with Gasteiger partial charge in [0.1, 0.15) is 0 Å². The van der Waals surface area contributed by atoms with E-state index in [9.17, 15) is 18.3 Å². The summed E-state index contributed by atoms with van der Waals surface area (Å²) in [7, 11) is -3.62. The standard InChI is InChI=1S/C12H15ClN2O4S/c13-10-3-1-2-9(6-16)12(10)15-5-8(4-11(15)17)7-20(14,18)19/h1-3,8,16H,4-7H2,(H2,14,18,19). The lowest BCUT2D eigenvalue weighted by Gasteiger charge is -2.21. The molecule has 0 bridgehead atoms. The molecule has 0 aliphatic carbocycles. The topological polar surface area (TPSA) is 101 Å². The number of para-hydroxylation sites is 1. The second-order valence-corrected chi connectivity index (χ2v) is 6.88. The van der Waals surface area contributed by atoms with E-state index in [1.54, 1.807) is 18.2 Å². The first-order valence-electron chi connectivity index (χ1n) is 6.01. The Bertz CT molecular complexity index is 632. The molecule has 0 saturated carbocycles. The number of rotatable bonds is 4. The first-order valence-corrected chi connectivity index (χ1v) is 8.10. The third kappa shape index (κ3) is 3.29. The molecule has 1 heterocycles. The van der Waals surface area contributed by atoms with Crippen LogP contribution in [-0.2, 0) is 21.4 Å². The molecular formula is C12H15ClN2O4S. The summed E-state index contributed by atoms with van der Waals surface area (Å²) < 4.78 is 22.2. The maximum absolute atomic E-state index is 12.0. The zero-order valence-electron chi connectivity index (χ0n) is 10.6. The van der Waals surface area contributed by atoms with Crippen molar-refractivity contribution in [3.63, 3.8) is 0 Å². The van der Waals surface area contributed by atoms with Crippen LogP contribution in [0.1, 0.15) is 12.0 Å². The Kier molecular flexibility index (Phi) is 4.33. The molecule has 1 aromatic rings. The quantitative estimate of drug-likeness (QED) is 0.842. The van der Waals surface area contributed by atoms with Crippen LogP contribution in [0.5, 0.6) is 0 Å². The Morgan fingerprint density at radius 3 is 2.75 bits per heavy atom. The number of amides is 1. The number of halogens is 1. The van der Waals surface area contributed by atoms with Crippen molar-refractivity contribution >= 4 is 33.2 Å². The number of nitrogens with two attached hydrogens (primary N) is 1. The zero-order valence-corrected chi connectivity index (χ0v) is 12.2. The number of carbonyl (C=O) groups excluding carboxylic acids is 1. The predicted molar refractivity (Wildman–Crippen MR) is 75.8 cm³/mol. The van der Waals surface area contributed by atoms with E-state index in [1.807, 2.05) is 0 Å². The van der Waals surface area contributed by atoms with Crippen LogP contribution in [0.25, 0.3) is 0 Å². The van der Waals surface area contributed by atoms with Gasteiger partial charge in [0.2, 0.25) is 15.9 Å². The average molecular weight is 319 g/mol. The van der Waals surface area contributed by atoms with Crippen molar-refractivity contribution in [3.8, 4) is 0 Å². The highest BCUT2D eigenvalue weighted by Crippen LogP contribution is 2.34. The Labute approximate surface area is 122 Å². The van der Waals surface area contributed by atoms with Gasteiger partial charge in [-0.25, -0.2) is 13.6 Å². The predicted octanol–water partition coefficient (Wildman–Crippen LogP) is 0.474. The minimum Gasteiger partial charge on any atom is -0.392 e. The molecule has 1 amide bonds. The van der Waals surface area contributed by atoms with Crippen LogP contribution in [0.15, 0.2) is 18.2 Å². The summed E-state index contributed by atoms with van der Waals surface area (Å²) in [6, 6.07) is 4.97. The van der Waals surface area contributed by atoms with E-state index in [1.165, 1.54) is 4.90 Å². The molecule has 2 rings (SSSR count). The molecule has 1 atom stereocenters. The molecule has 0 radical (unpaired) electrons. The van der Waals surface area contributed by atoms with E-state index in [0.29, 0.717) is 16.3 Å². The highest BCUT2D eigenvalue weighted by Gasteiger charge is 2.34. The number of aliphatic hydroxyl groups excluding tert-OH is 1. The largest absolute Gasteiger partial charge is 0.392 e. The molecule has 6 nitrogen and oxygen atoms in total. The number of nitrogens with zero attached hydrogens (tertiary/aromatic N) is 1. The normalized spacial score (nSPS) is 19.6. The molecule has 1 aromatic carbocycles. The van der Waals surface area contributed by atoms with Gasteiger partial charge in [0, 0.05) is 24.4 Å². The lowest BCUT2D eigenvalue weighted by Crippen LogP contribution is -2.28. The number of sulfonamides is 1. The van der Waals surface area contributed by atoms with Crippen LogP contribution >= 0.6 is 11.6 Å². The molecule has 1 fully saturated rings. The molecule has 20 heavy (non-hydrogen) atoms. The molecule has 1 saturated heterocycles. The smallest absolute Gasteiger partial charge is 0.227 e. The minimum atomic E-state index is -3.62. The molecule has 1 aliphatic heterocycles. The van der Waals surface area contributed by atoms with Gasteiger partial charge in [-0.05, 0) is 6.07 Å².